The molecule has 66 heavy (non-hydrogen) atoms. The lowest BCUT2D eigenvalue weighted by atomic mass is 9.61. The summed E-state index contributed by atoms with van der Waals surface area (Å²) in [4.78, 5) is 24.1. The topological polar surface area (TPSA) is 52.6 Å². The number of hydrogen-bond donors (Lipinski definition) is 0. The van der Waals surface area contributed by atoms with Crippen molar-refractivity contribution < 1.29 is 19.1 Å². The molecule has 0 heterocycles. The smallest absolute Gasteiger partial charge is 0.330 e. The van der Waals surface area contributed by atoms with Gasteiger partial charge in [0.1, 0.15) is 0 Å². The first-order valence-corrected chi connectivity index (χ1v) is 23.3. The van der Waals surface area contributed by atoms with Crippen molar-refractivity contribution in [1.29, 1.82) is 0 Å². The van der Waals surface area contributed by atoms with E-state index in [2.05, 4.69) is 187 Å². The summed E-state index contributed by atoms with van der Waals surface area (Å²) in [5.41, 5.74) is 20.2. The summed E-state index contributed by atoms with van der Waals surface area (Å²) in [6, 6.07) is 29.3. The van der Waals surface area contributed by atoms with Gasteiger partial charge in [-0.05, 0) is 144 Å². The molecule has 4 atom stereocenters. The van der Waals surface area contributed by atoms with Gasteiger partial charge in [0, 0.05) is 34.8 Å². The fourth-order valence-corrected chi connectivity index (χ4v) is 11.7. The van der Waals surface area contributed by atoms with Gasteiger partial charge in [-0.3, -0.25) is 0 Å². The van der Waals surface area contributed by atoms with Gasteiger partial charge in [-0.2, -0.15) is 0 Å². The summed E-state index contributed by atoms with van der Waals surface area (Å²) in [6.07, 6.45) is 28.2. The van der Waals surface area contributed by atoms with Crippen molar-refractivity contribution in [2.75, 3.05) is 13.2 Å². The van der Waals surface area contributed by atoms with Gasteiger partial charge in [-0.15, -0.1) is 13.2 Å². The van der Waals surface area contributed by atoms with Crippen LogP contribution in [-0.4, -0.2) is 25.2 Å². The second-order valence-electron chi connectivity index (χ2n) is 19.4. The Labute approximate surface area is 389 Å². The Hall–Kier alpha value is -7.04. The minimum Gasteiger partial charge on any atom is -0.463 e. The number of fused-ring (bicyclic) bond motifs is 6. The van der Waals surface area contributed by atoms with Gasteiger partial charge in [0.2, 0.25) is 0 Å². The first-order chi connectivity index (χ1) is 31.9. The molecule has 0 fully saturated rings. The maximum Gasteiger partial charge on any atom is 0.330 e. The molecule has 0 radical (unpaired) electrons. The van der Waals surface area contributed by atoms with Crippen LogP contribution in [0.2, 0.25) is 0 Å². The molecule has 0 spiro atoms. The Morgan fingerprint density at radius 2 is 1.09 bits per heavy atom. The van der Waals surface area contributed by atoms with Gasteiger partial charge >= 0.3 is 11.9 Å². The Balaban J connectivity index is 1.05. The SMILES string of the molecule is C=CC(=O)OCCCC1(C=C)c2ccccc2-c2ccc(-c3ccc4c(c3)C(C=C)(CCCOC(=O)C=C)c3cc(C5=CC=C6C=CC7=CC(C(C)(C)C)=CC8=CC=C5C6C87)ccc3-4)cc21. The molecule has 4 aromatic rings. The summed E-state index contributed by atoms with van der Waals surface area (Å²) in [6.45, 7) is 23.6. The van der Waals surface area contributed by atoms with Crippen LogP contribution < -0.4 is 0 Å². The lowest BCUT2D eigenvalue weighted by Crippen LogP contribution is -2.31. The van der Waals surface area contributed by atoms with E-state index in [9.17, 15) is 9.59 Å². The van der Waals surface area contributed by atoms with Crippen LogP contribution in [-0.2, 0) is 29.9 Å². The van der Waals surface area contributed by atoms with Gasteiger partial charge in [0.15, 0.2) is 0 Å². The normalized spacial score (nSPS) is 22.3. The average Bonchev–Trinajstić information content (AvgIpc) is 3.78. The zero-order valence-electron chi connectivity index (χ0n) is 38.3. The molecule has 328 valence electrons. The van der Waals surface area contributed by atoms with Crippen molar-refractivity contribution in [3.8, 4) is 33.4 Å². The molecular formula is C62H56O4. The zero-order valence-corrected chi connectivity index (χ0v) is 38.3. The summed E-state index contributed by atoms with van der Waals surface area (Å²) >= 11 is 0. The Kier molecular flexibility index (Phi) is 10.7. The quantitative estimate of drug-likeness (QED) is 0.0548. The summed E-state index contributed by atoms with van der Waals surface area (Å²) in [7, 11) is 0. The third kappa shape index (κ3) is 6.80. The number of carbonyl (C=O) groups excluding carboxylic acids is 2. The average molecular weight is 865 g/mol. The van der Waals surface area contributed by atoms with E-state index >= 15 is 0 Å². The molecule has 4 nitrogen and oxygen atoms in total. The second kappa shape index (κ2) is 16.4. The molecular weight excluding hydrogens is 809 g/mol. The Morgan fingerprint density at radius 1 is 0.576 bits per heavy atom. The lowest BCUT2D eigenvalue weighted by Gasteiger charge is -2.42. The van der Waals surface area contributed by atoms with Crippen molar-refractivity contribution in [2.24, 2.45) is 17.3 Å². The first-order valence-electron chi connectivity index (χ1n) is 23.3. The highest BCUT2D eigenvalue weighted by molar-refractivity contribution is 5.92. The van der Waals surface area contributed by atoms with Gasteiger partial charge in [0.25, 0.3) is 0 Å². The van der Waals surface area contributed by atoms with Crippen molar-refractivity contribution in [1.82, 2.24) is 0 Å². The minimum atomic E-state index is -0.552. The monoisotopic (exact) mass is 864 g/mol. The second-order valence-corrected chi connectivity index (χ2v) is 19.4. The van der Waals surface area contributed by atoms with Crippen LogP contribution in [0.5, 0.6) is 0 Å². The Bertz CT molecular complexity index is 3040. The van der Waals surface area contributed by atoms with E-state index in [0.717, 1.165) is 17.5 Å². The largest absolute Gasteiger partial charge is 0.463 e. The molecule has 6 aliphatic carbocycles. The van der Waals surface area contributed by atoms with Gasteiger partial charge in [-0.1, -0.05) is 155 Å². The number of carbonyl (C=O) groups is 2. The highest BCUT2D eigenvalue weighted by Gasteiger charge is 2.44. The summed E-state index contributed by atoms with van der Waals surface area (Å²) in [5.74, 6) is -0.277. The predicted octanol–water partition coefficient (Wildman–Crippen LogP) is 14.2. The zero-order chi connectivity index (χ0) is 46.0. The number of rotatable bonds is 14. The predicted molar refractivity (Wildman–Crippen MR) is 269 cm³/mol. The van der Waals surface area contributed by atoms with E-state index in [4.69, 9.17) is 9.47 Å². The number of benzene rings is 4. The fourth-order valence-electron chi connectivity index (χ4n) is 11.7. The molecule has 0 bridgehead atoms. The molecule has 4 heteroatoms. The minimum absolute atomic E-state index is 0.0643. The maximum absolute atomic E-state index is 12.2. The highest BCUT2D eigenvalue weighted by Crippen LogP contribution is 2.58. The molecule has 6 aliphatic rings. The van der Waals surface area contributed by atoms with E-state index < -0.39 is 22.8 Å². The number of allylic oxidation sites excluding steroid dienone is 16. The Morgan fingerprint density at radius 3 is 1.67 bits per heavy atom. The highest BCUT2D eigenvalue weighted by atomic mass is 16.5. The molecule has 0 N–H and O–H groups in total. The van der Waals surface area contributed by atoms with Crippen LogP contribution >= 0.6 is 0 Å². The van der Waals surface area contributed by atoms with Crippen LogP contribution in [0.25, 0.3) is 39.0 Å². The van der Waals surface area contributed by atoms with Crippen LogP contribution in [0.4, 0.5) is 0 Å². The molecule has 0 aliphatic heterocycles. The third-order valence-electron chi connectivity index (χ3n) is 15.0. The van der Waals surface area contributed by atoms with Crippen LogP contribution in [0.3, 0.4) is 0 Å². The maximum atomic E-state index is 12.2. The summed E-state index contributed by atoms with van der Waals surface area (Å²) < 4.78 is 11.0. The number of ether oxygens (including phenoxy) is 2. The van der Waals surface area contributed by atoms with Crippen molar-refractivity contribution >= 4 is 17.5 Å². The molecule has 10 rings (SSSR count). The van der Waals surface area contributed by atoms with Crippen molar-refractivity contribution in [2.45, 2.75) is 57.3 Å². The van der Waals surface area contributed by atoms with E-state index in [1.165, 1.54) is 95.7 Å². The van der Waals surface area contributed by atoms with E-state index in [-0.39, 0.29) is 17.9 Å². The number of hydrogen-bond acceptors (Lipinski definition) is 4. The molecule has 0 saturated carbocycles. The lowest BCUT2D eigenvalue weighted by molar-refractivity contribution is -0.138. The fraction of sp³-hybridized carbons (Fsp3) is 0.226. The van der Waals surface area contributed by atoms with E-state index in [1.807, 2.05) is 0 Å². The first kappa shape index (κ1) is 42.9. The molecule has 0 amide bonds. The summed E-state index contributed by atoms with van der Waals surface area (Å²) in [5, 5.41) is 0. The van der Waals surface area contributed by atoms with E-state index in [0.29, 0.717) is 31.8 Å². The molecule has 0 aromatic heterocycles. The number of esters is 2. The van der Waals surface area contributed by atoms with Gasteiger partial charge in [-0.25, -0.2) is 9.59 Å². The third-order valence-corrected chi connectivity index (χ3v) is 15.0. The molecule has 4 aromatic carbocycles. The van der Waals surface area contributed by atoms with Gasteiger partial charge in [0.05, 0.1) is 13.2 Å². The van der Waals surface area contributed by atoms with Gasteiger partial charge < -0.3 is 9.47 Å². The van der Waals surface area contributed by atoms with Crippen LogP contribution in [0, 0.1) is 17.3 Å². The van der Waals surface area contributed by atoms with Crippen LogP contribution in [0.15, 0.2) is 206 Å². The molecule has 4 unspecified atom stereocenters. The van der Waals surface area contributed by atoms with Crippen molar-refractivity contribution in [3.63, 3.8) is 0 Å². The van der Waals surface area contributed by atoms with Crippen molar-refractivity contribution in [3.05, 3.63) is 234 Å². The molecule has 0 saturated heterocycles. The standard InChI is InChI=1S/C62H56O4/c1-8-56(63)65-32-14-30-61(10-3)52-17-13-12-16-47(52)48-26-21-40(36-53(48)61)41-22-27-49-50-28-23-42(38-55(50)62(11-4,54(49)37-41)31-15-33-66-57(64)9-2)46-25-20-39-18-19-43-34-45(60(5,6)7)35-44-24-29-51(46)59(39)58(43)44/h8-13,16-29,34-38,58-59H,1-4,14-15,30-33H2,5-7H3. The van der Waals surface area contributed by atoms with E-state index in [1.54, 1.807) is 0 Å². The van der Waals surface area contributed by atoms with Crippen LogP contribution in [0.1, 0.15) is 74.3 Å².